The van der Waals surface area contributed by atoms with Crippen molar-refractivity contribution in [1.82, 2.24) is 16.0 Å². The number of aliphatic carboxylic acids is 3. The van der Waals surface area contributed by atoms with E-state index < -0.39 is 72.6 Å². The van der Waals surface area contributed by atoms with E-state index in [4.69, 9.17) is 15.9 Å². The molecule has 3 amide bonds. The third-order valence-corrected chi connectivity index (χ3v) is 5.89. The minimum Gasteiger partial charge on any atom is -0.508 e. The first-order valence-electron chi connectivity index (χ1n) is 11.4. The monoisotopic (exact) mass is 556 g/mol. The van der Waals surface area contributed by atoms with Crippen molar-refractivity contribution in [2.45, 2.75) is 56.3 Å². The first kappa shape index (κ1) is 32.2. The van der Waals surface area contributed by atoms with Crippen molar-refractivity contribution in [2.24, 2.45) is 5.73 Å². The van der Waals surface area contributed by atoms with E-state index >= 15 is 0 Å². The molecular formula is C23H32N4O10S. The van der Waals surface area contributed by atoms with Crippen LogP contribution in [-0.2, 0) is 35.2 Å². The number of rotatable bonds is 17. The Morgan fingerprint density at radius 1 is 0.816 bits per heavy atom. The summed E-state index contributed by atoms with van der Waals surface area (Å²) < 4.78 is 0. The predicted molar refractivity (Wildman–Crippen MR) is 135 cm³/mol. The van der Waals surface area contributed by atoms with Gasteiger partial charge in [-0.2, -0.15) is 11.8 Å². The largest absolute Gasteiger partial charge is 0.508 e. The van der Waals surface area contributed by atoms with Gasteiger partial charge in [0.1, 0.15) is 23.9 Å². The number of carbonyl (C=O) groups is 6. The fourth-order valence-corrected chi connectivity index (χ4v) is 3.68. The third-order valence-electron chi connectivity index (χ3n) is 5.25. The van der Waals surface area contributed by atoms with Crippen molar-refractivity contribution in [3.63, 3.8) is 0 Å². The van der Waals surface area contributed by atoms with Crippen LogP contribution >= 0.6 is 11.8 Å². The summed E-state index contributed by atoms with van der Waals surface area (Å²) in [7, 11) is 0. The fraction of sp³-hybridized carbons (Fsp3) is 0.478. The highest BCUT2D eigenvalue weighted by Crippen LogP contribution is 2.12. The van der Waals surface area contributed by atoms with Crippen LogP contribution in [-0.4, -0.2) is 92.2 Å². The Morgan fingerprint density at radius 3 is 1.84 bits per heavy atom. The molecule has 9 N–H and O–H groups in total. The first-order chi connectivity index (χ1) is 17.8. The SMILES string of the molecule is CSCCC(NC(=O)C(CCC(=O)O)NC(=O)C(N)CC(=O)O)C(=O)NC(Cc1ccc(O)cc1)C(=O)O. The number of benzene rings is 1. The van der Waals surface area contributed by atoms with Gasteiger partial charge in [-0.05, 0) is 42.5 Å². The van der Waals surface area contributed by atoms with E-state index in [9.17, 15) is 39.0 Å². The van der Waals surface area contributed by atoms with Crippen LogP contribution in [0.2, 0.25) is 0 Å². The lowest BCUT2D eigenvalue weighted by Crippen LogP contribution is -2.57. The first-order valence-corrected chi connectivity index (χ1v) is 12.8. The lowest BCUT2D eigenvalue weighted by Gasteiger charge is -2.25. The molecule has 0 bridgehead atoms. The van der Waals surface area contributed by atoms with Gasteiger partial charge in [0.2, 0.25) is 17.7 Å². The van der Waals surface area contributed by atoms with Gasteiger partial charge in [0.15, 0.2) is 0 Å². The van der Waals surface area contributed by atoms with E-state index in [-0.39, 0.29) is 25.0 Å². The van der Waals surface area contributed by atoms with E-state index in [2.05, 4.69) is 16.0 Å². The zero-order chi connectivity index (χ0) is 28.8. The summed E-state index contributed by atoms with van der Waals surface area (Å²) in [6.45, 7) is 0. The number of phenolic OH excluding ortho intramolecular Hbond substituents is 1. The number of phenols is 1. The molecule has 1 aromatic carbocycles. The standard InChI is InChI=1S/C23H32N4O10S/c1-38-9-8-16(22(35)27-17(23(36)37)10-12-2-4-13(28)5-3-12)26-21(34)15(6-7-18(29)30)25-20(33)14(24)11-19(31)32/h2-5,14-17,28H,6-11,24H2,1H3,(H,25,33)(H,26,34)(H,27,35)(H,29,30)(H,31,32)(H,36,37). The maximum Gasteiger partial charge on any atom is 0.326 e. The lowest BCUT2D eigenvalue weighted by atomic mass is 10.0. The molecule has 4 atom stereocenters. The number of carboxylic acid groups (broad SMARTS) is 3. The number of hydrogen-bond donors (Lipinski definition) is 8. The summed E-state index contributed by atoms with van der Waals surface area (Å²) in [6, 6.07) is 0.182. The number of amides is 3. The Morgan fingerprint density at radius 2 is 1.34 bits per heavy atom. The Bertz CT molecular complexity index is 1000. The number of hydrogen-bond acceptors (Lipinski definition) is 9. The summed E-state index contributed by atoms with van der Waals surface area (Å²) in [5.41, 5.74) is 6.04. The molecule has 1 aromatic rings. The van der Waals surface area contributed by atoms with Gasteiger partial charge < -0.3 is 42.1 Å². The molecule has 1 rings (SSSR count). The van der Waals surface area contributed by atoms with Gasteiger partial charge in [0, 0.05) is 12.8 Å². The highest BCUT2D eigenvalue weighted by atomic mass is 32.2. The minimum absolute atomic E-state index is 0.0158. The van der Waals surface area contributed by atoms with Gasteiger partial charge in [-0.25, -0.2) is 4.79 Å². The van der Waals surface area contributed by atoms with Crippen LogP contribution in [0, 0.1) is 0 Å². The van der Waals surface area contributed by atoms with Crippen LogP contribution < -0.4 is 21.7 Å². The Balaban J connectivity index is 3.02. The quantitative estimate of drug-likeness (QED) is 0.114. The van der Waals surface area contributed by atoms with E-state index in [1.165, 1.54) is 36.0 Å². The van der Waals surface area contributed by atoms with Crippen LogP contribution in [0.5, 0.6) is 5.75 Å². The molecule has 0 saturated heterocycles. The van der Waals surface area contributed by atoms with E-state index in [0.717, 1.165) is 0 Å². The average Bonchev–Trinajstić information content (AvgIpc) is 2.84. The summed E-state index contributed by atoms with van der Waals surface area (Å²) >= 11 is 1.36. The number of carbonyl (C=O) groups excluding carboxylic acids is 3. The smallest absolute Gasteiger partial charge is 0.326 e. The predicted octanol–water partition coefficient (Wildman–Crippen LogP) is -1.11. The molecule has 15 heteroatoms. The number of thioether (sulfide) groups is 1. The van der Waals surface area contributed by atoms with E-state index in [1.54, 1.807) is 6.26 Å². The minimum atomic E-state index is -1.50. The molecule has 0 fully saturated rings. The van der Waals surface area contributed by atoms with Crippen molar-refractivity contribution in [3.8, 4) is 5.75 Å². The van der Waals surface area contributed by atoms with Crippen LogP contribution in [0.3, 0.4) is 0 Å². The molecule has 0 aromatic heterocycles. The van der Waals surface area contributed by atoms with Gasteiger partial charge in [-0.15, -0.1) is 0 Å². The molecule has 0 aliphatic heterocycles. The topological polar surface area (TPSA) is 245 Å². The van der Waals surface area contributed by atoms with Crippen molar-refractivity contribution in [3.05, 3.63) is 29.8 Å². The Labute approximate surface area is 222 Å². The summed E-state index contributed by atoms with van der Waals surface area (Å²) in [4.78, 5) is 71.8. The van der Waals surface area contributed by atoms with Crippen LogP contribution in [0.15, 0.2) is 24.3 Å². The molecule has 0 saturated carbocycles. The highest BCUT2D eigenvalue weighted by molar-refractivity contribution is 7.98. The van der Waals surface area contributed by atoms with Gasteiger partial charge in [-0.1, -0.05) is 12.1 Å². The van der Waals surface area contributed by atoms with Crippen molar-refractivity contribution in [2.75, 3.05) is 12.0 Å². The van der Waals surface area contributed by atoms with Crippen molar-refractivity contribution in [1.29, 1.82) is 0 Å². The zero-order valence-corrected chi connectivity index (χ0v) is 21.4. The molecule has 14 nitrogen and oxygen atoms in total. The third kappa shape index (κ3) is 11.9. The normalized spacial score (nSPS) is 13.8. The Hall–Kier alpha value is -3.85. The van der Waals surface area contributed by atoms with Crippen LogP contribution in [0.1, 0.15) is 31.2 Å². The molecule has 0 aliphatic rings. The van der Waals surface area contributed by atoms with Crippen molar-refractivity contribution < 1.29 is 49.2 Å². The molecular weight excluding hydrogens is 524 g/mol. The molecule has 0 radical (unpaired) electrons. The summed E-state index contributed by atoms with van der Waals surface area (Å²) in [6.07, 6.45) is 0.104. The molecule has 210 valence electrons. The molecule has 0 aliphatic carbocycles. The second kappa shape index (κ2) is 16.1. The van der Waals surface area contributed by atoms with Crippen LogP contribution in [0.4, 0.5) is 0 Å². The van der Waals surface area contributed by atoms with E-state index in [1.807, 2.05) is 0 Å². The molecule has 38 heavy (non-hydrogen) atoms. The maximum absolute atomic E-state index is 13.0. The highest BCUT2D eigenvalue weighted by Gasteiger charge is 2.31. The average molecular weight is 557 g/mol. The Kier molecular flexibility index (Phi) is 13.6. The van der Waals surface area contributed by atoms with Gasteiger partial charge in [0.05, 0.1) is 12.5 Å². The zero-order valence-electron chi connectivity index (χ0n) is 20.6. The van der Waals surface area contributed by atoms with Gasteiger partial charge >= 0.3 is 17.9 Å². The number of aromatic hydroxyl groups is 1. The van der Waals surface area contributed by atoms with Crippen LogP contribution in [0.25, 0.3) is 0 Å². The van der Waals surface area contributed by atoms with Crippen molar-refractivity contribution >= 4 is 47.4 Å². The second-order valence-corrected chi connectivity index (χ2v) is 9.30. The number of carboxylic acids is 3. The van der Waals surface area contributed by atoms with E-state index in [0.29, 0.717) is 11.3 Å². The van der Waals surface area contributed by atoms with Gasteiger partial charge in [-0.3, -0.25) is 24.0 Å². The summed E-state index contributed by atoms with van der Waals surface area (Å²) in [5, 5.41) is 43.8. The molecule has 4 unspecified atom stereocenters. The fourth-order valence-electron chi connectivity index (χ4n) is 3.21. The lowest BCUT2D eigenvalue weighted by molar-refractivity contribution is -0.142. The molecule has 0 spiro atoms. The number of nitrogens with one attached hydrogen (secondary N) is 3. The summed E-state index contributed by atoms with van der Waals surface area (Å²) in [5.74, 6) is -6.31. The maximum atomic E-state index is 13.0. The molecule has 0 heterocycles. The number of nitrogens with two attached hydrogens (primary N) is 1. The second-order valence-electron chi connectivity index (χ2n) is 8.31. The van der Waals surface area contributed by atoms with Gasteiger partial charge in [0.25, 0.3) is 0 Å².